The summed E-state index contributed by atoms with van der Waals surface area (Å²) in [5.41, 5.74) is 0. The molecule has 3 nitrogen and oxygen atoms in total. The summed E-state index contributed by atoms with van der Waals surface area (Å²) in [4.78, 5) is 11.3. The second-order valence-corrected chi connectivity index (χ2v) is 2.87. The van der Waals surface area contributed by atoms with Gasteiger partial charge in [0.05, 0.1) is 0 Å². The Kier molecular flexibility index (Phi) is 3.84. The smallest absolute Gasteiger partial charge is 0.308 e. The van der Waals surface area contributed by atoms with Gasteiger partial charge in [-0.05, 0) is 12.3 Å². The van der Waals surface area contributed by atoms with Crippen LogP contribution in [-0.2, 0) is 5.11 Å². The number of hydrogen-bond acceptors (Lipinski definition) is 1. The molecule has 1 amide bonds. The highest BCUT2D eigenvalue weighted by molar-refractivity contribution is 5.63. The second-order valence-electron chi connectivity index (χ2n) is 2.87. The molecule has 0 N–H and O–H groups in total. The standard InChI is InChI=1S/C7H14NO2/c1-6(2)4-5-8(3)7(9)10/h6H,4-5H2,1-3H3. The molecule has 0 bridgehead atoms. The summed E-state index contributed by atoms with van der Waals surface area (Å²) >= 11 is 0. The molecule has 0 aromatic heterocycles. The Morgan fingerprint density at radius 3 is 2.30 bits per heavy atom. The van der Waals surface area contributed by atoms with E-state index in [0.29, 0.717) is 12.5 Å². The molecule has 59 valence electrons. The molecule has 0 unspecified atom stereocenters. The fraction of sp³-hybridized carbons (Fsp3) is 0.857. The minimum absolute atomic E-state index is 0.543. The third-order valence-electron chi connectivity index (χ3n) is 1.35. The van der Waals surface area contributed by atoms with Crippen LogP contribution in [0.5, 0.6) is 0 Å². The normalized spacial score (nSPS) is 10.0. The molecule has 0 aliphatic rings. The minimum atomic E-state index is -1.10. The number of amides is 1. The number of rotatable bonds is 3. The van der Waals surface area contributed by atoms with Gasteiger partial charge in [0.15, 0.2) is 0 Å². The molecular formula is C7H14NO2. The van der Waals surface area contributed by atoms with E-state index < -0.39 is 6.09 Å². The molecule has 0 aliphatic heterocycles. The average Bonchev–Trinajstić information content (AvgIpc) is 1.82. The molecule has 10 heavy (non-hydrogen) atoms. The molecule has 0 saturated carbocycles. The van der Waals surface area contributed by atoms with Crippen molar-refractivity contribution in [3.05, 3.63) is 0 Å². The first-order valence-electron chi connectivity index (χ1n) is 3.46. The van der Waals surface area contributed by atoms with Crippen LogP contribution in [0.2, 0.25) is 0 Å². The largest absolute Gasteiger partial charge is 0.452 e. The van der Waals surface area contributed by atoms with E-state index in [2.05, 4.69) is 13.8 Å². The lowest BCUT2D eigenvalue weighted by Gasteiger charge is -2.12. The van der Waals surface area contributed by atoms with E-state index in [4.69, 9.17) is 0 Å². The number of carbonyl (C=O) groups is 1. The highest BCUT2D eigenvalue weighted by atomic mass is 16.4. The van der Waals surface area contributed by atoms with Crippen LogP contribution < -0.4 is 0 Å². The van der Waals surface area contributed by atoms with Crippen molar-refractivity contribution in [2.75, 3.05) is 13.6 Å². The van der Waals surface area contributed by atoms with Gasteiger partial charge in [0, 0.05) is 13.6 Å². The SMILES string of the molecule is CC(C)CCN(C)C([O])=O. The summed E-state index contributed by atoms with van der Waals surface area (Å²) in [6.07, 6.45) is -0.203. The Labute approximate surface area is 61.6 Å². The number of carbonyl (C=O) groups excluding carboxylic acids is 1. The van der Waals surface area contributed by atoms with Gasteiger partial charge in [-0.2, -0.15) is 0 Å². The van der Waals surface area contributed by atoms with Crippen LogP contribution in [0, 0.1) is 5.92 Å². The van der Waals surface area contributed by atoms with Gasteiger partial charge in [-0.3, -0.25) is 0 Å². The van der Waals surface area contributed by atoms with E-state index >= 15 is 0 Å². The van der Waals surface area contributed by atoms with Crippen LogP contribution in [-0.4, -0.2) is 24.6 Å². The van der Waals surface area contributed by atoms with Crippen molar-refractivity contribution in [2.24, 2.45) is 5.92 Å². The molecule has 0 rings (SSSR count). The number of hydrogen-bond donors (Lipinski definition) is 0. The molecule has 0 spiro atoms. The first-order valence-corrected chi connectivity index (χ1v) is 3.46. The van der Waals surface area contributed by atoms with E-state index in [1.54, 1.807) is 0 Å². The Morgan fingerprint density at radius 1 is 1.50 bits per heavy atom. The van der Waals surface area contributed by atoms with Crippen molar-refractivity contribution in [1.82, 2.24) is 4.90 Å². The highest BCUT2D eigenvalue weighted by Crippen LogP contribution is 2.00. The van der Waals surface area contributed by atoms with Crippen LogP contribution in [0.15, 0.2) is 0 Å². The average molecular weight is 144 g/mol. The lowest BCUT2D eigenvalue weighted by atomic mass is 10.1. The maximum absolute atomic E-state index is 10.1. The summed E-state index contributed by atoms with van der Waals surface area (Å²) in [5, 5.41) is 10.1. The minimum Gasteiger partial charge on any atom is -0.308 e. The second kappa shape index (κ2) is 4.14. The fourth-order valence-corrected chi connectivity index (χ4v) is 0.543. The molecule has 3 heteroatoms. The first-order chi connectivity index (χ1) is 4.54. The zero-order chi connectivity index (χ0) is 8.15. The molecule has 1 radical (unpaired) electrons. The van der Waals surface area contributed by atoms with Crippen LogP contribution in [0.25, 0.3) is 0 Å². The maximum Gasteiger partial charge on any atom is 0.452 e. The summed E-state index contributed by atoms with van der Waals surface area (Å²) in [6.45, 7) is 4.69. The van der Waals surface area contributed by atoms with E-state index in [1.807, 2.05) is 0 Å². The molecule has 0 heterocycles. The van der Waals surface area contributed by atoms with Crippen molar-refractivity contribution >= 4 is 6.09 Å². The van der Waals surface area contributed by atoms with Crippen LogP contribution in [0.1, 0.15) is 20.3 Å². The monoisotopic (exact) mass is 144 g/mol. The summed E-state index contributed by atoms with van der Waals surface area (Å²) in [5.74, 6) is 0.543. The maximum atomic E-state index is 10.1. The molecule has 0 aliphatic carbocycles. The number of nitrogens with zero attached hydrogens (tertiary/aromatic N) is 1. The van der Waals surface area contributed by atoms with Gasteiger partial charge in [0.2, 0.25) is 0 Å². The van der Waals surface area contributed by atoms with Crippen molar-refractivity contribution in [3.8, 4) is 0 Å². The van der Waals surface area contributed by atoms with Crippen LogP contribution in [0.3, 0.4) is 0 Å². The molecule has 0 saturated heterocycles. The van der Waals surface area contributed by atoms with E-state index in [0.717, 1.165) is 6.42 Å². The van der Waals surface area contributed by atoms with E-state index in [9.17, 15) is 9.90 Å². The summed E-state index contributed by atoms with van der Waals surface area (Å²) in [6, 6.07) is 0. The van der Waals surface area contributed by atoms with Gasteiger partial charge in [-0.15, -0.1) is 0 Å². The Balaban J connectivity index is 3.40. The molecule has 0 aromatic carbocycles. The molecule has 0 atom stereocenters. The first kappa shape index (κ1) is 9.27. The fourth-order valence-electron chi connectivity index (χ4n) is 0.543. The quantitative estimate of drug-likeness (QED) is 0.592. The van der Waals surface area contributed by atoms with Gasteiger partial charge in [0.25, 0.3) is 0 Å². The Morgan fingerprint density at radius 2 is 2.00 bits per heavy atom. The van der Waals surface area contributed by atoms with E-state index in [1.165, 1.54) is 11.9 Å². The van der Waals surface area contributed by atoms with Gasteiger partial charge in [-0.25, -0.2) is 9.90 Å². The van der Waals surface area contributed by atoms with Crippen molar-refractivity contribution in [1.29, 1.82) is 0 Å². The zero-order valence-corrected chi connectivity index (χ0v) is 6.76. The van der Waals surface area contributed by atoms with Gasteiger partial charge in [0.1, 0.15) is 0 Å². The summed E-state index contributed by atoms with van der Waals surface area (Å²) in [7, 11) is 1.53. The van der Waals surface area contributed by atoms with Gasteiger partial charge in [-0.1, -0.05) is 13.8 Å². The van der Waals surface area contributed by atoms with Crippen molar-refractivity contribution < 1.29 is 9.90 Å². The van der Waals surface area contributed by atoms with E-state index in [-0.39, 0.29) is 0 Å². The lowest BCUT2D eigenvalue weighted by molar-refractivity contribution is 0.128. The zero-order valence-electron chi connectivity index (χ0n) is 6.76. The lowest BCUT2D eigenvalue weighted by Crippen LogP contribution is -2.25. The predicted molar refractivity (Wildman–Crippen MR) is 38.2 cm³/mol. The molecular weight excluding hydrogens is 130 g/mol. The van der Waals surface area contributed by atoms with Crippen LogP contribution in [0.4, 0.5) is 4.79 Å². The summed E-state index contributed by atoms with van der Waals surface area (Å²) < 4.78 is 0. The topological polar surface area (TPSA) is 40.2 Å². The third kappa shape index (κ3) is 4.18. The molecule has 0 aromatic rings. The Bertz CT molecular complexity index is 112. The predicted octanol–water partition coefficient (Wildman–Crippen LogP) is 1.51. The Hall–Kier alpha value is -0.730. The molecule has 0 fully saturated rings. The third-order valence-corrected chi connectivity index (χ3v) is 1.35. The van der Waals surface area contributed by atoms with Gasteiger partial charge >= 0.3 is 6.09 Å². The van der Waals surface area contributed by atoms with Crippen molar-refractivity contribution in [3.63, 3.8) is 0 Å². The highest BCUT2D eigenvalue weighted by Gasteiger charge is 2.06. The van der Waals surface area contributed by atoms with Crippen molar-refractivity contribution in [2.45, 2.75) is 20.3 Å². The van der Waals surface area contributed by atoms with Crippen LogP contribution >= 0.6 is 0 Å². The van der Waals surface area contributed by atoms with Gasteiger partial charge < -0.3 is 4.90 Å².